The molecule has 0 aliphatic carbocycles. The SMILES string of the molecule is CC(=O)NC1C(C)OC(CO)C(OC(OC(CO)[C@H](C)OC2OC(COC(O)C(O)C(O[C@H]3O[C@@H](CO)C(O)C(O)C3O)C(O)C(C)COC3OC(CO)C(O)C(O)C3O)C(O)C(O[C@H]3O[C@@H](CO)C(O)C(O)C3O)C2O)[C@H](CO)NC(C)=O)C1O. The minimum absolute atomic E-state index is 0.587. The Bertz CT molecular complexity index is 2010. The molecule has 5 aliphatic rings. The summed E-state index contributed by atoms with van der Waals surface area (Å²) in [7, 11) is 0. The van der Waals surface area contributed by atoms with E-state index in [2.05, 4.69) is 10.6 Å². The molecule has 0 bridgehead atoms. The minimum Gasteiger partial charge on any atom is -0.394 e. The monoisotopic (exact) mass is 1260 g/mol. The van der Waals surface area contributed by atoms with Gasteiger partial charge in [-0.2, -0.15) is 0 Å². The van der Waals surface area contributed by atoms with E-state index in [0.717, 1.165) is 13.8 Å². The number of nitrogens with one attached hydrogen (secondary N) is 2. The number of ether oxygens (including phenoxy) is 12. The molecule has 86 heavy (non-hydrogen) atoms. The number of carbonyl (C=O) groups is 2. The number of hydrogen-bond acceptors (Lipinski definition) is 35. The van der Waals surface area contributed by atoms with E-state index in [-0.39, 0.29) is 0 Å². The first kappa shape index (κ1) is 74.3. The van der Waals surface area contributed by atoms with Crippen molar-refractivity contribution in [1.82, 2.24) is 10.6 Å². The van der Waals surface area contributed by atoms with Crippen LogP contribution in [-0.2, 0) is 66.4 Å². The van der Waals surface area contributed by atoms with Gasteiger partial charge in [0.15, 0.2) is 37.7 Å². The molecule has 0 radical (unpaired) electrons. The summed E-state index contributed by atoms with van der Waals surface area (Å²) in [6, 6.07) is -2.67. The number of aliphatic hydroxyl groups is 21. The van der Waals surface area contributed by atoms with Gasteiger partial charge in [0.2, 0.25) is 11.8 Å². The molecule has 0 aromatic rings. The van der Waals surface area contributed by atoms with Gasteiger partial charge in [0, 0.05) is 19.8 Å². The molecular formula is C49H88N2O35. The van der Waals surface area contributed by atoms with E-state index in [0.29, 0.717) is 0 Å². The number of hydrogen-bond donors (Lipinski definition) is 23. The maximum absolute atomic E-state index is 12.4. The standard InChI is InChI=1S/C49H88N2O35/c1-14(12-76-46-36(69)33(66)28(61)21(8-54)80-46)27(60)42(85-47-37(70)34(67)29(62)22(9-55)81-47)39(72)44(74)75-13-25-31(64)43(86-48-38(71)35(68)30(63)23(10-56)82-48)40(73)49(83-25)78-15(2)20(7-53)79-45(19(6-52)50-17(4)58)84-41-24(11-57)77-16(3)26(32(41)65)51-18(5)59/h14-16,19-49,52-57,60-74H,6-13H2,1-5H3,(H,50,58)(H,51,59)/t14?,15-,16?,19-,20?,21?,22-,23-,24?,25?,26?,27?,28?,29?,30?,31?,32?,33?,34?,35?,36?,37?,38?,39?,40?,41?,42?,43?,44?,45?,46?,47+,48+,49?/m0/s1. The van der Waals surface area contributed by atoms with Gasteiger partial charge in [-0.25, -0.2) is 0 Å². The van der Waals surface area contributed by atoms with E-state index >= 15 is 0 Å². The Labute approximate surface area is 491 Å². The number of amides is 2. The summed E-state index contributed by atoms with van der Waals surface area (Å²) in [5.74, 6) is -2.66. The fourth-order valence-corrected chi connectivity index (χ4v) is 10.2. The molecule has 0 aromatic carbocycles. The van der Waals surface area contributed by atoms with Gasteiger partial charge in [-0.3, -0.25) is 9.59 Å². The predicted octanol–water partition coefficient (Wildman–Crippen LogP) is -14.1. The molecule has 37 heteroatoms. The van der Waals surface area contributed by atoms with Crippen LogP contribution in [-0.4, -0.2) is 374 Å². The quantitative estimate of drug-likeness (QED) is 0.0297. The Balaban J connectivity index is 1.43. The molecule has 5 fully saturated rings. The van der Waals surface area contributed by atoms with E-state index < -0.39 is 273 Å². The van der Waals surface area contributed by atoms with Gasteiger partial charge in [-0.05, 0) is 13.8 Å². The Kier molecular flexibility index (Phi) is 29.2. The largest absolute Gasteiger partial charge is 0.394 e. The summed E-state index contributed by atoms with van der Waals surface area (Å²) in [6.45, 7) is -1.14. The second kappa shape index (κ2) is 33.8. The van der Waals surface area contributed by atoms with Crippen molar-refractivity contribution in [2.24, 2.45) is 5.92 Å². The van der Waals surface area contributed by atoms with Crippen molar-refractivity contribution in [3.05, 3.63) is 0 Å². The molecule has 0 spiro atoms. The van der Waals surface area contributed by atoms with E-state index in [4.69, 9.17) is 56.8 Å². The molecule has 5 rings (SSSR count). The summed E-state index contributed by atoms with van der Waals surface area (Å²) in [4.78, 5) is 24.4. The Morgan fingerprint density at radius 2 is 1.01 bits per heavy atom. The molecule has 23 N–H and O–H groups in total. The summed E-state index contributed by atoms with van der Waals surface area (Å²) >= 11 is 0. The van der Waals surface area contributed by atoms with Gasteiger partial charge in [-0.15, -0.1) is 0 Å². The van der Waals surface area contributed by atoms with Crippen molar-refractivity contribution in [2.45, 2.75) is 237 Å². The Hall–Kier alpha value is -2.38. The normalized spacial score (nSPS) is 42.1. The van der Waals surface area contributed by atoms with E-state index in [9.17, 15) is 117 Å². The maximum atomic E-state index is 12.4. The van der Waals surface area contributed by atoms with Crippen LogP contribution in [0.15, 0.2) is 0 Å². The molecule has 34 atom stereocenters. The van der Waals surface area contributed by atoms with Gasteiger partial charge in [0.05, 0.1) is 77.2 Å². The van der Waals surface area contributed by atoms with Crippen LogP contribution in [0.1, 0.15) is 34.6 Å². The average molecular weight is 1270 g/mol. The first-order chi connectivity index (χ1) is 40.5. The lowest BCUT2D eigenvalue weighted by Gasteiger charge is -2.47. The van der Waals surface area contributed by atoms with Crippen molar-refractivity contribution in [2.75, 3.05) is 52.9 Å². The third-order valence-corrected chi connectivity index (χ3v) is 15.4. The van der Waals surface area contributed by atoms with Crippen LogP contribution in [0.3, 0.4) is 0 Å². The summed E-state index contributed by atoms with van der Waals surface area (Å²) < 4.78 is 68.6. The first-order valence-electron chi connectivity index (χ1n) is 27.7. The third kappa shape index (κ3) is 18.0. The van der Waals surface area contributed by atoms with Crippen molar-refractivity contribution >= 4 is 11.8 Å². The van der Waals surface area contributed by atoms with Crippen LogP contribution >= 0.6 is 0 Å². The second-order valence-corrected chi connectivity index (χ2v) is 21.8. The fraction of sp³-hybridized carbons (Fsp3) is 0.959. The summed E-state index contributed by atoms with van der Waals surface area (Å²) in [5, 5.41) is 230. The number of aliphatic hydroxyl groups excluding tert-OH is 21. The highest BCUT2D eigenvalue weighted by molar-refractivity contribution is 5.73. The van der Waals surface area contributed by atoms with Gasteiger partial charge < -0.3 is 175 Å². The lowest BCUT2D eigenvalue weighted by atomic mass is 9.93. The Morgan fingerprint density at radius 1 is 0.512 bits per heavy atom. The molecule has 2 amide bonds. The highest BCUT2D eigenvalue weighted by Gasteiger charge is 2.54. The number of rotatable bonds is 30. The lowest BCUT2D eigenvalue weighted by molar-refractivity contribution is -0.371. The third-order valence-electron chi connectivity index (χ3n) is 15.4. The summed E-state index contributed by atoms with van der Waals surface area (Å²) in [6.07, 6.45) is -59.2. The molecule has 0 saturated carbocycles. The van der Waals surface area contributed by atoms with Crippen LogP contribution in [0, 0.1) is 5.92 Å². The zero-order valence-electron chi connectivity index (χ0n) is 47.4. The van der Waals surface area contributed by atoms with Gasteiger partial charge in [0.1, 0.15) is 140 Å². The zero-order chi connectivity index (χ0) is 64.3. The van der Waals surface area contributed by atoms with Crippen LogP contribution in [0.5, 0.6) is 0 Å². The van der Waals surface area contributed by atoms with Gasteiger partial charge in [0.25, 0.3) is 0 Å². The number of carbonyl (C=O) groups excluding carboxylic acids is 2. The first-order valence-corrected chi connectivity index (χ1v) is 27.7. The molecule has 5 aliphatic heterocycles. The second-order valence-electron chi connectivity index (χ2n) is 21.8. The lowest BCUT2D eigenvalue weighted by Crippen LogP contribution is -2.66. The van der Waals surface area contributed by atoms with E-state index in [1.54, 1.807) is 0 Å². The van der Waals surface area contributed by atoms with Crippen LogP contribution in [0.25, 0.3) is 0 Å². The fourth-order valence-electron chi connectivity index (χ4n) is 10.2. The minimum atomic E-state index is -2.61. The molecule has 504 valence electrons. The van der Waals surface area contributed by atoms with Crippen LogP contribution in [0.2, 0.25) is 0 Å². The van der Waals surface area contributed by atoms with Crippen molar-refractivity contribution in [3.8, 4) is 0 Å². The smallest absolute Gasteiger partial charge is 0.217 e. The molecule has 5 saturated heterocycles. The van der Waals surface area contributed by atoms with Gasteiger partial charge >= 0.3 is 0 Å². The zero-order valence-corrected chi connectivity index (χ0v) is 47.4. The van der Waals surface area contributed by atoms with Crippen molar-refractivity contribution < 1.29 is 174 Å². The topological polar surface area (TPSA) is 594 Å². The summed E-state index contributed by atoms with van der Waals surface area (Å²) in [5.41, 5.74) is 0. The maximum Gasteiger partial charge on any atom is 0.217 e. The van der Waals surface area contributed by atoms with Crippen molar-refractivity contribution in [1.29, 1.82) is 0 Å². The average Bonchev–Trinajstić information content (AvgIpc) is 2.56. The molecule has 37 nitrogen and oxygen atoms in total. The van der Waals surface area contributed by atoms with Crippen molar-refractivity contribution in [3.63, 3.8) is 0 Å². The van der Waals surface area contributed by atoms with E-state index in [1.807, 2.05) is 0 Å². The molecule has 28 unspecified atom stereocenters. The molecular weight excluding hydrogens is 1180 g/mol. The highest BCUT2D eigenvalue weighted by Crippen LogP contribution is 2.34. The highest BCUT2D eigenvalue weighted by atomic mass is 16.8. The van der Waals surface area contributed by atoms with Gasteiger partial charge in [-0.1, -0.05) is 6.92 Å². The Morgan fingerprint density at radius 3 is 1.52 bits per heavy atom. The predicted molar refractivity (Wildman–Crippen MR) is 272 cm³/mol. The van der Waals surface area contributed by atoms with Crippen LogP contribution in [0.4, 0.5) is 0 Å². The van der Waals surface area contributed by atoms with E-state index in [1.165, 1.54) is 20.8 Å². The van der Waals surface area contributed by atoms with Crippen LogP contribution < -0.4 is 10.6 Å². The molecule has 5 heterocycles. The molecule has 0 aromatic heterocycles.